The first-order chi connectivity index (χ1) is 9.66. The molecule has 104 valence electrons. The van der Waals surface area contributed by atoms with Crippen molar-refractivity contribution in [3.8, 4) is 0 Å². The fraction of sp³-hybridized carbons (Fsp3) is 0.231. The molecule has 1 amide bonds. The molecule has 1 unspecified atom stereocenters. The molecular formula is C13H12N2O4S. The van der Waals surface area contributed by atoms with E-state index in [1.807, 2.05) is 0 Å². The van der Waals surface area contributed by atoms with Gasteiger partial charge >= 0.3 is 0 Å². The van der Waals surface area contributed by atoms with Crippen LogP contribution < -0.4 is 10.9 Å². The van der Waals surface area contributed by atoms with Crippen LogP contribution in [0.4, 0.5) is 0 Å². The maximum Gasteiger partial charge on any atom is 0.291 e. The molecule has 0 bridgehead atoms. The largest absolute Gasteiger partial charge is 0.375 e. The van der Waals surface area contributed by atoms with Crippen molar-refractivity contribution in [1.82, 2.24) is 10.1 Å². The van der Waals surface area contributed by atoms with Gasteiger partial charge in [0.05, 0.1) is 5.39 Å². The average molecular weight is 292 g/mol. The average Bonchev–Trinajstić information content (AvgIpc) is 2.79. The highest BCUT2D eigenvalue weighted by atomic mass is 32.1. The Bertz CT molecular complexity index is 718. The molecule has 1 aromatic carbocycles. The van der Waals surface area contributed by atoms with E-state index in [1.54, 1.807) is 24.3 Å². The van der Waals surface area contributed by atoms with Crippen LogP contribution in [0.25, 0.3) is 11.0 Å². The predicted octanol–water partition coefficient (Wildman–Crippen LogP) is 1.22. The van der Waals surface area contributed by atoms with Crippen LogP contribution in [0.3, 0.4) is 0 Å². The Hall–Kier alpha value is -2.28. The number of para-hydroxylation sites is 1. The molecule has 1 saturated heterocycles. The summed E-state index contributed by atoms with van der Waals surface area (Å²) in [6.45, 7) is 3.71. The van der Waals surface area contributed by atoms with Crippen molar-refractivity contribution < 1.29 is 13.5 Å². The lowest BCUT2D eigenvalue weighted by Gasteiger charge is -2.22. The van der Waals surface area contributed by atoms with Crippen LogP contribution in [0.5, 0.6) is 0 Å². The van der Waals surface area contributed by atoms with Crippen LogP contribution in [0.1, 0.15) is 18.9 Å². The minimum absolute atomic E-state index is 0.243. The van der Waals surface area contributed by atoms with Crippen LogP contribution in [0.2, 0.25) is 0 Å². The molecular weight excluding hydrogens is 280 g/mol. The number of amides is 1. The van der Waals surface area contributed by atoms with Crippen molar-refractivity contribution >= 4 is 29.4 Å². The number of benzene rings is 1. The molecule has 1 N–H and O–H groups in total. The van der Waals surface area contributed by atoms with Crippen molar-refractivity contribution in [2.45, 2.75) is 18.9 Å². The molecule has 6 nitrogen and oxygen atoms in total. The molecule has 0 aliphatic carbocycles. The van der Waals surface area contributed by atoms with Gasteiger partial charge in [-0.3, -0.25) is 9.59 Å². The molecule has 1 aliphatic rings. The fourth-order valence-corrected chi connectivity index (χ4v) is 2.18. The van der Waals surface area contributed by atoms with Gasteiger partial charge in [-0.1, -0.05) is 18.7 Å². The summed E-state index contributed by atoms with van der Waals surface area (Å²) in [6, 6.07) is 6.38. The molecule has 7 heteroatoms. The highest BCUT2D eigenvalue weighted by molar-refractivity contribution is 7.44. The zero-order valence-corrected chi connectivity index (χ0v) is 11.3. The summed E-state index contributed by atoms with van der Waals surface area (Å²) in [5, 5.41) is 3.14. The lowest BCUT2D eigenvalue weighted by molar-refractivity contribution is -0.126. The number of carbonyl (C=O) groups excluding carboxylic acids is 1. The van der Waals surface area contributed by atoms with E-state index in [0.29, 0.717) is 29.5 Å². The van der Waals surface area contributed by atoms with Gasteiger partial charge in [0.25, 0.3) is 11.5 Å². The molecule has 0 spiro atoms. The van der Waals surface area contributed by atoms with E-state index in [0.717, 1.165) is 4.74 Å². The second-order valence-corrected chi connectivity index (χ2v) is 4.37. The summed E-state index contributed by atoms with van der Waals surface area (Å²) >= 11 is 2.83. The molecule has 1 aromatic heterocycles. The Morgan fingerprint density at radius 2 is 2.00 bits per heavy atom. The van der Waals surface area contributed by atoms with Gasteiger partial charge in [0.1, 0.15) is 6.04 Å². The van der Waals surface area contributed by atoms with Gasteiger partial charge in [-0.15, -0.1) is 0 Å². The number of carbonyl (C=O) groups is 1. The van der Waals surface area contributed by atoms with Crippen molar-refractivity contribution in [3.05, 3.63) is 46.9 Å². The molecule has 0 radical (unpaired) electrons. The van der Waals surface area contributed by atoms with E-state index in [2.05, 4.69) is 24.4 Å². The summed E-state index contributed by atoms with van der Waals surface area (Å²) in [4.78, 5) is 24.0. The van der Waals surface area contributed by atoms with Crippen molar-refractivity contribution in [2.75, 3.05) is 0 Å². The molecule has 20 heavy (non-hydrogen) atoms. The van der Waals surface area contributed by atoms with Crippen LogP contribution in [-0.2, 0) is 17.3 Å². The number of nitrogens with zero attached hydrogens (tertiary/aromatic N) is 1. The van der Waals surface area contributed by atoms with Crippen LogP contribution in [0.15, 0.2) is 45.9 Å². The smallest absolute Gasteiger partial charge is 0.291 e. The Morgan fingerprint density at radius 3 is 2.65 bits per heavy atom. The van der Waals surface area contributed by atoms with E-state index < -0.39 is 6.04 Å². The topological polar surface area (TPSA) is 81.3 Å². The third kappa shape index (κ3) is 2.39. The van der Waals surface area contributed by atoms with Gasteiger partial charge in [-0.25, -0.2) is 0 Å². The second kappa shape index (κ2) is 5.79. The minimum Gasteiger partial charge on any atom is -0.375 e. The Morgan fingerprint density at radius 1 is 1.30 bits per heavy atom. The molecule has 2 heterocycles. The summed E-state index contributed by atoms with van der Waals surface area (Å²) in [5.74, 6) is -0.243. The normalized spacial score (nSPS) is 18.3. The fourth-order valence-electron chi connectivity index (χ4n) is 2.18. The van der Waals surface area contributed by atoms with E-state index in [4.69, 9.17) is 8.73 Å². The molecule has 0 saturated carbocycles. The lowest BCUT2D eigenvalue weighted by Crippen LogP contribution is -2.38. The van der Waals surface area contributed by atoms with Crippen LogP contribution in [0, 0.1) is 0 Å². The molecule has 1 fully saturated rings. The van der Waals surface area contributed by atoms with Gasteiger partial charge in [0.2, 0.25) is 0 Å². The van der Waals surface area contributed by atoms with Crippen molar-refractivity contribution in [3.63, 3.8) is 0 Å². The number of fused-ring (bicyclic) bond motifs is 1. The summed E-state index contributed by atoms with van der Waals surface area (Å²) in [5.41, 5.74) is 0.915. The third-order valence-electron chi connectivity index (χ3n) is 3.12. The SMILES string of the molecule is C=C1CCC(n2oc3ccccc3c2=O)C(=O)N1.O=S. The number of piperidine rings is 1. The zero-order chi connectivity index (χ0) is 14.7. The zero-order valence-electron chi connectivity index (χ0n) is 10.5. The first-order valence-corrected chi connectivity index (χ1v) is 6.26. The number of nitrogens with one attached hydrogen (secondary N) is 1. The third-order valence-corrected chi connectivity index (χ3v) is 3.12. The standard InChI is InChI=1S/C13H12N2O3.OS/c1-8-6-7-10(12(16)14-8)15-13(17)9-4-2-3-5-11(9)18-15;1-2/h2-5,10H,1,6-7H2,(H,14,16);. The summed E-state index contributed by atoms with van der Waals surface area (Å²) in [6.07, 6.45) is 1.18. The maximum absolute atomic E-state index is 12.1. The van der Waals surface area contributed by atoms with E-state index in [-0.39, 0.29) is 11.5 Å². The van der Waals surface area contributed by atoms with Gasteiger partial charge in [-0.2, -0.15) is 8.95 Å². The number of hydrogen-bond acceptors (Lipinski definition) is 5. The Balaban J connectivity index is 0.000000704. The van der Waals surface area contributed by atoms with Gasteiger partial charge < -0.3 is 9.84 Å². The van der Waals surface area contributed by atoms with E-state index in [1.165, 1.54) is 0 Å². The number of aromatic nitrogens is 1. The van der Waals surface area contributed by atoms with Gasteiger partial charge in [0.15, 0.2) is 18.1 Å². The lowest BCUT2D eigenvalue weighted by atomic mass is 10.1. The molecule has 1 atom stereocenters. The molecule has 3 rings (SSSR count). The number of rotatable bonds is 1. The summed E-state index contributed by atoms with van der Waals surface area (Å²) < 4.78 is 14.5. The first kappa shape index (κ1) is 14.1. The van der Waals surface area contributed by atoms with E-state index >= 15 is 0 Å². The number of hydrogen-bond donors (Lipinski definition) is 1. The quantitative estimate of drug-likeness (QED) is 0.854. The summed E-state index contributed by atoms with van der Waals surface area (Å²) in [7, 11) is 0. The van der Waals surface area contributed by atoms with Gasteiger partial charge in [-0.05, 0) is 25.0 Å². The Kier molecular flexibility index (Phi) is 4.09. The maximum atomic E-state index is 12.1. The van der Waals surface area contributed by atoms with Crippen LogP contribution >= 0.6 is 0 Å². The van der Waals surface area contributed by atoms with Crippen molar-refractivity contribution in [1.29, 1.82) is 0 Å². The van der Waals surface area contributed by atoms with Crippen molar-refractivity contribution in [2.24, 2.45) is 0 Å². The highest BCUT2D eigenvalue weighted by Gasteiger charge is 2.29. The Labute approximate surface area is 119 Å². The molecule has 2 aromatic rings. The van der Waals surface area contributed by atoms with E-state index in [9.17, 15) is 9.59 Å². The second-order valence-electron chi connectivity index (χ2n) is 4.37. The van der Waals surface area contributed by atoms with Crippen LogP contribution in [-0.4, -0.2) is 14.9 Å². The minimum atomic E-state index is -0.588. The monoisotopic (exact) mass is 292 g/mol. The molecule has 1 aliphatic heterocycles. The highest BCUT2D eigenvalue weighted by Crippen LogP contribution is 2.22. The first-order valence-electron chi connectivity index (χ1n) is 5.92. The predicted molar refractivity (Wildman–Crippen MR) is 74.2 cm³/mol. The van der Waals surface area contributed by atoms with Gasteiger partial charge in [0, 0.05) is 5.70 Å². The number of allylic oxidation sites excluding steroid dienone is 1.